The molecule has 0 aliphatic carbocycles. The molecule has 5 heteroatoms. The van der Waals surface area contributed by atoms with Crippen LogP contribution in [0.4, 0.5) is 0 Å². The van der Waals surface area contributed by atoms with Gasteiger partial charge < -0.3 is 8.83 Å². The minimum absolute atomic E-state index is 0.395. The van der Waals surface area contributed by atoms with Crippen molar-refractivity contribution in [2.45, 2.75) is 32.6 Å². The third-order valence-corrected chi connectivity index (χ3v) is 4.28. The number of fused-ring (bicyclic) bond motifs is 2. The summed E-state index contributed by atoms with van der Waals surface area (Å²) < 4.78 is 11.5. The van der Waals surface area contributed by atoms with Crippen LogP contribution in [0.5, 0.6) is 0 Å². The smallest absolute Gasteiger partial charge is 0.156 e. The second-order valence-corrected chi connectivity index (χ2v) is 6.20. The predicted octanol–water partition coefficient (Wildman–Crippen LogP) is 4.25. The summed E-state index contributed by atoms with van der Waals surface area (Å²) in [5.41, 5.74) is 3.78. The Labute approximate surface area is 133 Å². The fraction of sp³-hybridized carbons (Fsp3) is 0.278. The van der Waals surface area contributed by atoms with Gasteiger partial charge in [0.25, 0.3) is 0 Å². The van der Waals surface area contributed by atoms with Crippen molar-refractivity contribution in [1.29, 1.82) is 0 Å². The van der Waals surface area contributed by atoms with Gasteiger partial charge in [0.15, 0.2) is 5.58 Å². The van der Waals surface area contributed by atoms with Gasteiger partial charge in [0.05, 0.1) is 23.1 Å². The summed E-state index contributed by atoms with van der Waals surface area (Å²) in [6.45, 7) is 6.21. The van der Waals surface area contributed by atoms with E-state index in [1.807, 2.05) is 37.4 Å². The third kappa shape index (κ3) is 2.20. The lowest BCUT2D eigenvalue weighted by atomic mass is 9.86. The maximum atomic E-state index is 6.05. The van der Waals surface area contributed by atoms with E-state index in [-0.39, 0.29) is 0 Å². The molecule has 0 bridgehead atoms. The number of aryl methyl sites for hydroxylation is 1. The van der Waals surface area contributed by atoms with Crippen LogP contribution < -0.4 is 0 Å². The molecule has 0 aliphatic rings. The Balaban J connectivity index is 1.83. The molecule has 116 valence electrons. The number of aromatic nitrogens is 3. The molecule has 0 spiro atoms. The molecular weight excluding hydrogens is 290 g/mol. The molecule has 0 aliphatic heterocycles. The lowest BCUT2D eigenvalue weighted by Crippen LogP contribution is -2.19. The van der Waals surface area contributed by atoms with Gasteiger partial charge in [-0.3, -0.25) is 4.98 Å². The highest BCUT2D eigenvalue weighted by Gasteiger charge is 2.29. The van der Waals surface area contributed by atoms with E-state index < -0.39 is 5.41 Å². The zero-order valence-corrected chi connectivity index (χ0v) is 13.3. The molecule has 4 aromatic heterocycles. The van der Waals surface area contributed by atoms with Crippen molar-refractivity contribution in [3.8, 4) is 0 Å². The van der Waals surface area contributed by atoms with Gasteiger partial charge in [-0.15, -0.1) is 5.10 Å². The first kappa shape index (κ1) is 13.9. The molecule has 0 N–H and O–H groups in total. The quantitative estimate of drug-likeness (QED) is 0.566. The van der Waals surface area contributed by atoms with E-state index in [1.54, 1.807) is 6.26 Å². The van der Waals surface area contributed by atoms with Crippen LogP contribution in [-0.4, -0.2) is 15.2 Å². The molecular formula is C18H17N3O2. The first-order valence-corrected chi connectivity index (χ1v) is 7.68. The van der Waals surface area contributed by atoms with Gasteiger partial charge in [-0.25, -0.2) is 0 Å². The van der Waals surface area contributed by atoms with Crippen LogP contribution in [0.3, 0.4) is 0 Å². The Bertz CT molecular complexity index is 998. The molecule has 0 saturated heterocycles. The summed E-state index contributed by atoms with van der Waals surface area (Å²) in [7, 11) is 0. The maximum absolute atomic E-state index is 6.05. The first-order valence-electron chi connectivity index (χ1n) is 7.68. The fourth-order valence-electron chi connectivity index (χ4n) is 2.68. The summed E-state index contributed by atoms with van der Waals surface area (Å²) in [6, 6.07) is 7.76. The number of nitrogens with zero attached hydrogens (tertiary/aromatic N) is 3. The number of pyridine rings is 1. The van der Waals surface area contributed by atoms with Gasteiger partial charge in [-0.2, -0.15) is 5.10 Å². The van der Waals surface area contributed by atoms with E-state index in [2.05, 4.69) is 29.0 Å². The van der Waals surface area contributed by atoms with E-state index in [4.69, 9.17) is 8.83 Å². The number of hydrogen-bond acceptors (Lipinski definition) is 5. The largest absolute Gasteiger partial charge is 0.464 e. The van der Waals surface area contributed by atoms with Crippen molar-refractivity contribution in [2.75, 3.05) is 0 Å². The van der Waals surface area contributed by atoms with E-state index in [0.29, 0.717) is 0 Å². The SMILES string of the molecule is CCc1cc2oc(C(C)(C)c3cc4occc4cn3)cc2nn1. The molecule has 0 atom stereocenters. The first-order chi connectivity index (χ1) is 11.1. The van der Waals surface area contributed by atoms with Gasteiger partial charge in [0.1, 0.15) is 16.9 Å². The van der Waals surface area contributed by atoms with Crippen LogP contribution >= 0.6 is 0 Å². The standard InChI is InChI=1S/C18H17N3O2/c1-4-12-7-15-13(21-20-12)8-17(23-15)18(2,3)16-9-14-11(10-19-16)5-6-22-14/h5-10H,4H2,1-3H3. The molecule has 4 rings (SSSR count). The van der Waals surface area contributed by atoms with Crippen molar-refractivity contribution >= 4 is 22.1 Å². The zero-order chi connectivity index (χ0) is 16.0. The summed E-state index contributed by atoms with van der Waals surface area (Å²) >= 11 is 0. The molecule has 0 fully saturated rings. The van der Waals surface area contributed by atoms with Crippen LogP contribution in [0.1, 0.15) is 37.9 Å². The fourth-order valence-corrected chi connectivity index (χ4v) is 2.68. The highest BCUT2D eigenvalue weighted by atomic mass is 16.3. The van der Waals surface area contributed by atoms with Gasteiger partial charge in [0, 0.05) is 29.8 Å². The van der Waals surface area contributed by atoms with Crippen LogP contribution in [0.25, 0.3) is 22.1 Å². The minimum atomic E-state index is -0.395. The van der Waals surface area contributed by atoms with Crippen molar-refractivity contribution < 1.29 is 8.83 Å². The van der Waals surface area contributed by atoms with Crippen LogP contribution in [0.2, 0.25) is 0 Å². The monoisotopic (exact) mass is 307 g/mol. The number of furan rings is 2. The summed E-state index contributed by atoms with van der Waals surface area (Å²) in [5, 5.41) is 9.42. The zero-order valence-electron chi connectivity index (χ0n) is 13.3. The number of rotatable bonds is 3. The van der Waals surface area contributed by atoms with Gasteiger partial charge in [-0.05, 0) is 26.3 Å². The average Bonchev–Trinajstić information content (AvgIpc) is 3.19. The normalized spacial score (nSPS) is 12.3. The number of hydrogen-bond donors (Lipinski definition) is 0. The second kappa shape index (κ2) is 4.91. The minimum Gasteiger partial charge on any atom is -0.464 e. The Kier molecular flexibility index (Phi) is 2.98. The predicted molar refractivity (Wildman–Crippen MR) is 87.3 cm³/mol. The molecule has 0 saturated carbocycles. The molecule has 0 radical (unpaired) electrons. The summed E-state index contributed by atoms with van der Waals surface area (Å²) in [6.07, 6.45) is 4.33. The summed E-state index contributed by atoms with van der Waals surface area (Å²) in [4.78, 5) is 4.58. The molecule has 5 nitrogen and oxygen atoms in total. The van der Waals surface area contributed by atoms with E-state index in [9.17, 15) is 0 Å². The molecule has 0 aromatic carbocycles. The molecule has 4 heterocycles. The van der Waals surface area contributed by atoms with Gasteiger partial charge >= 0.3 is 0 Å². The molecule has 0 amide bonds. The van der Waals surface area contributed by atoms with Gasteiger partial charge in [-0.1, -0.05) is 6.92 Å². The lowest BCUT2D eigenvalue weighted by Gasteiger charge is -2.21. The van der Waals surface area contributed by atoms with Crippen LogP contribution in [0.15, 0.2) is 45.6 Å². The maximum Gasteiger partial charge on any atom is 0.156 e. The van der Waals surface area contributed by atoms with Crippen LogP contribution in [0, 0.1) is 0 Å². The van der Waals surface area contributed by atoms with Crippen molar-refractivity contribution in [3.05, 3.63) is 53.9 Å². The topological polar surface area (TPSA) is 65.0 Å². The Morgan fingerprint density at radius 3 is 2.78 bits per heavy atom. The molecule has 4 aromatic rings. The Morgan fingerprint density at radius 1 is 1.09 bits per heavy atom. The molecule has 23 heavy (non-hydrogen) atoms. The molecule has 0 unspecified atom stereocenters. The Hall–Kier alpha value is -2.69. The van der Waals surface area contributed by atoms with Crippen molar-refractivity contribution in [2.24, 2.45) is 0 Å². The van der Waals surface area contributed by atoms with Gasteiger partial charge in [0.2, 0.25) is 0 Å². The highest BCUT2D eigenvalue weighted by molar-refractivity contribution is 5.77. The van der Waals surface area contributed by atoms with E-state index in [1.165, 1.54) is 0 Å². The Morgan fingerprint density at radius 2 is 1.96 bits per heavy atom. The second-order valence-electron chi connectivity index (χ2n) is 6.20. The van der Waals surface area contributed by atoms with Crippen molar-refractivity contribution in [3.63, 3.8) is 0 Å². The third-order valence-electron chi connectivity index (χ3n) is 4.28. The average molecular weight is 307 g/mol. The van der Waals surface area contributed by atoms with E-state index >= 15 is 0 Å². The van der Waals surface area contributed by atoms with Crippen molar-refractivity contribution in [1.82, 2.24) is 15.2 Å². The van der Waals surface area contributed by atoms with E-state index in [0.717, 1.165) is 45.6 Å². The summed E-state index contributed by atoms with van der Waals surface area (Å²) in [5.74, 6) is 0.813. The van der Waals surface area contributed by atoms with Crippen LogP contribution in [-0.2, 0) is 11.8 Å². The highest BCUT2D eigenvalue weighted by Crippen LogP contribution is 2.34. The lowest BCUT2D eigenvalue weighted by molar-refractivity contribution is 0.445.